The van der Waals surface area contributed by atoms with Crippen LogP contribution in [0.15, 0.2) is 34.6 Å². The summed E-state index contributed by atoms with van der Waals surface area (Å²) in [6, 6.07) is 4.00. The molecule has 0 atom stereocenters. The van der Waals surface area contributed by atoms with Gasteiger partial charge in [0.05, 0.1) is 17.8 Å². The molecule has 0 aromatic carbocycles. The number of aromatic nitrogens is 4. The van der Waals surface area contributed by atoms with Crippen molar-refractivity contribution >= 4 is 17.2 Å². The molecule has 7 nitrogen and oxygen atoms in total. The molecule has 0 fully saturated rings. The van der Waals surface area contributed by atoms with Crippen molar-refractivity contribution in [1.29, 1.82) is 0 Å². The molecule has 0 aliphatic heterocycles. The van der Waals surface area contributed by atoms with Gasteiger partial charge in [0.2, 0.25) is 5.89 Å². The highest BCUT2D eigenvalue weighted by Gasteiger charge is 2.14. The number of aryl methyl sites for hydroxylation is 1. The van der Waals surface area contributed by atoms with E-state index in [1.807, 2.05) is 24.4 Å². The average Bonchev–Trinajstić information content (AvgIpc) is 3.26. The Hall–Kier alpha value is -2.61. The molecule has 0 radical (unpaired) electrons. The third-order valence-corrected chi connectivity index (χ3v) is 4.23. The molecule has 0 unspecified atom stereocenters. The Balaban J connectivity index is 1.60. The summed E-state index contributed by atoms with van der Waals surface area (Å²) >= 11 is 1.64. The summed E-state index contributed by atoms with van der Waals surface area (Å²) < 4.78 is 5.17. The standard InChI is InChI=1S/C16H17N5O2S/c1-2-4-13-12(8-17-10-19-13)16(22)18-9-15-20-14(21-23-15)7-11-5-3-6-24-11/h3,5-6,8,10H,2,4,7,9H2,1H3,(H,18,22). The van der Waals surface area contributed by atoms with E-state index in [2.05, 4.69) is 25.4 Å². The Morgan fingerprint density at radius 1 is 1.42 bits per heavy atom. The molecule has 3 aromatic rings. The van der Waals surface area contributed by atoms with Gasteiger partial charge in [-0.1, -0.05) is 24.6 Å². The summed E-state index contributed by atoms with van der Waals surface area (Å²) in [6.45, 7) is 2.22. The molecule has 0 saturated carbocycles. The third-order valence-electron chi connectivity index (χ3n) is 3.35. The van der Waals surface area contributed by atoms with Crippen molar-refractivity contribution in [2.24, 2.45) is 0 Å². The molecule has 0 spiro atoms. The van der Waals surface area contributed by atoms with E-state index in [0.717, 1.165) is 23.4 Å². The zero-order valence-corrected chi connectivity index (χ0v) is 14.0. The van der Waals surface area contributed by atoms with Crippen LogP contribution in [0.1, 0.15) is 46.0 Å². The zero-order valence-electron chi connectivity index (χ0n) is 13.2. The van der Waals surface area contributed by atoms with Gasteiger partial charge >= 0.3 is 0 Å². The molecule has 0 bridgehead atoms. The van der Waals surface area contributed by atoms with Crippen molar-refractivity contribution in [3.05, 3.63) is 57.9 Å². The van der Waals surface area contributed by atoms with Crippen molar-refractivity contribution in [2.45, 2.75) is 32.7 Å². The predicted molar refractivity (Wildman–Crippen MR) is 88.6 cm³/mol. The van der Waals surface area contributed by atoms with Gasteiger partial charge in [-0.3, -0.25) is 4.79 Å². The highest BCUT2D eigenvalue weighted by atomic mass is 32.1. The van der Waals surface area contributed by atoms with Crippen LogP contribution in [0.2, 0.25) is 0 Å². The lowest BCUT2D eigenvalue weighted by Gasteiger charge is -2.06. The number of carbonyl (C=O) groups excluding carboxylic acids is 1. The minimum atomic E-state index is -0.239. The van der Waals surface area contributed by atoms with Gasteiger partial charge < -0.3 is 9.84 Å². The first kappa shape index (κ1) is 16.3. The largest absolute Gasteiger partial charge is 0.343 e. The molecule has 0 aliphatic carbocycles. The Labute approximate surface area is 143 Å². The van der Waals surface area contributed by atoms with Gasteiger partial charge in [0, 0.05) is 17.5 Å². The Morgan fingerprint density at radius 2 is 2.33 bits per heavy atom. The van der Waals surface area contributed by atoms with Gasteiger partial charge in [-0.15, -0.1) is 11.3 Å². The van der Waals surface area contributed by atoms with Crippen LogP contribution in [0.5, 0.6) is 0 Å². The number of rotatable bonds is 7. The second-order valence-electron chi connectivity index (χ2n) is 5.18. The fourth-order valence-corrected chi connectivity index (χ4v) is 2.94. The maximum Gasteiger partial charge on any atom is 0.255 e. The van der Waals surface area contributed by atoms with Crippen LogP contribution in [0, 0.1) is 0 Å². The second kappa shape index (κ2) is 7.78. The maximum absolute atomic E-state index is 12.3. The van der Waals surface area contributed by atoms with Crippen LogP contribution in [-0.2, 0) is 19.4 Å². The first-order valence-electron chi connectivity index (χ1n) is 7.67. The average molecular weight is 343 g/mol. The van der Waals surface area contributed by atoms with Crippen LogP contribution >= 0.6 is 11.3 Å². The molecule has 8 heteroatoms. The van der Waals surface area contributed by atoms with Crippen molar-refractivity contribution in [1.82, 2.24) is 25.4 Å². The van der Waals surface area contributed by atoms with Crippen molar-refractivity contribution in [2.75, 3.05) is 0 Å². The van der Waals surface area contributed by atoms with E-state index < -0.39 is 0 Å². The lowest BCUT2D eigenvalue weighted by molar-refractivity contribution is 0.0944. The van der Waals surface area contributed by atoms with Crippen LogP contribution in [0.25, 0.3) is 0 Å². The summed E-state index contributed by atoms with van der Waals surface area (Å²) in [5.41, 5.74) is 1.23. The fraction of sp³-hybridized carbons (Fsp3) is 0.312. The van der Waals surface area contributed by atoms with Crippen molar-refractivity contribution < 1.29 is 9.32 Å². The van der Waals surface area contributed by atoms with Crippen molar-refractivity contribution in [3.8, 4) is 0 Å². The van der Waals surface area contributed by atoms with E-state index >= 15 is 0 Å². The molecule has 1 N–H and O–H groups in total. The molecular weight excluding hydrogens is 326 g/mol. The molecule has 3 rings (SSSR count). The Bertz CT molecular complexity index is 800. The van der Waals surface area contributed by atoms with Gasteiger partial charge in [0.25, 0.3) is 5.91 Å². The molecule has 3 heterocycles. The zero-order chi connectivity index (χ0) is 16.8. The van der Waals surface area contributed by atoms with Gasteiger partial charge in [0.15, 0.2) is 5.82 Å². The number of hydrogen-bond donors (Lipinski definition) is 1. The lowest BCUT2D eigenvalue weighted by Crippen LogP contribution is -2.24. The molecule has 1 amide bonds. The van der Waals surface area contributed by atoms with Gasteiger partial charge in [0.1, 0.15) is 6.33 Å². The highest BCUT2D eigenvalue weighted by molar-refractivity contribution is 7.09. The monoisotopic (exact) mass is 343 g/mol. The fourth-order valence-electron chi connectivity index (χ4n) is 2.23. The third kappa shape index (κ3) is 4.02. The first-order valence-corrected chi connectivity index (χ1v) is 8.55. The van der Waals surface area contributed by atoms with E-state index in [9.17, 15) is 4.79 Å². The summed E-state index contributed by atoms with van der Waals surface area (Å²) in [4.78, 5) is 25.8. The molecule has 24 heavy (non-hydrogen) atoms. The molecule has 3 aromatic heterocycles. The van der Waals surface area contributed by atoms with Gasteiger partial charge in [-0.05, 0) is 17.9 Å². The van der Waals surface area contributed by atoms with Gasteiger partial charge in [-0.25, -0.2) is 9.97 Å². The van der Waals surface area contributed by atoms with E-state index in [0.29, 0.717) is 23.7 Å². The van der Waals surface area contributed by atoms with Crippen LogP contribution in [-0.4, -0.2) is 26.0 Å². The molecular formula is C16H17N5O2S. The molecule has 0 aliphatic rings. The quantitative estimate of drug-likeness (QED) is 0.708. The number of nitrogens with one attached hydrogen (secondary N) is 1. The SMILES string of the molecule is CCCc1ncncc1C(=O)NCc1nc(Cc2cccs2)no1. The van der Waals surface area contributed by atoms with E-state index in [1.165, 1.54) is 12.5 Å². The molecule has 0 saturated heterocycles. The minimum absolute atomic E-state index is 0.177. The normalized spacial score (nSPS) is 10.7. The predicted octanol–water partition coefficient (Wildman–Crippen LogP) is 2.39. The topological polar surface area (TPSA) is 93.8 Å². The lowest BCUT2D eigenvalue weighted by atomic mass is 10.1. The number of hydrogen-bond acceptors (Lipinski definition) is 7. The summed E-state index contributed by atoms with van der Waals surface area (Å²) in [5, 5.41) is 8.71. The van der Waals surface area contributed by atoms with Gasteiger partial charge in [-0.2, -0.15) is 4.98 Å². The number of carbonyl (C=O) groups is 1. The van der Waals surface area contributed by atoms with E-state index in [1.54, 1.807) is 11.3 Å². The maximum atomic E-state index is 12.3. The van der Waals surface area contributed by atoms with Crippen LogP contribution in [0.4, 0.5) is 0 Å². The minimum Gasteiger partial charge on any atom is -0.343 e. The van der Waals surface area contributed by atoms with Crippen LogP contribution in [0.3, 0.4) is 0 Å². The number of nitrogens with zero attached hydrogens (tertiary/aromatic N) is 4. The van der Waals surface area contributed by atoms with Crippen molar-refractivity contribution in [3.63, 3.8) is 0 Å². The Morgan fingerprint density at radius 3 is 3.12 bits per heavy atom. The summed E-state index contributed by atoms with van der Waals surface area (Å²) in [5.74, 6) is 0.747. The first-order chi connectivity index (χ1) is 11.8. The summed E-state index contributed by atoms with van der Waals surface area (Å²) in [7, 11) is 0. The molecule has 124 valence electrons. The summed E-state index contributed by atoms with van der Waals surface area (Å²) in [6.07, 6.45) is 5.26. The second-order valence-corrected chi connectivity index (χ2v) is 6.21. The van der Waals surface area contributed by atoms with E-state index in [4.69, 9.17) is 4.52 Å². The smallest absolute Gasteiger partial charge is 0.255 e. The Kier molecular flexibility index (Phi) is 5.27. The van der Waals surface area contributed by atoms with E-state index in [-0.39, 0.29) is 12.5 Å². The number of thiophene rings is 1. The number of amides is 1. The van der Waals surface area contributed by atoms with Crippen LogP contribution < -0.4 is 5.32 Å². The highest BCUT2D eigenvalue weighted by Crippen LogP contribution is 2.13.